The monoisotopic (exact) mass is 181 g/mol. The molecule has 0 aliphatic carbocycles. The van der Waals surface area contributed by atoms with Crippen LogP contribution in [0.1, 0.15) is 0 Å². The Labute approximate surface area is 65.6 Å². The molecule has 17 valence electrons. The minimum atomic E-state index is -0.500. The Morgan fingerprint density at radius 2 is 1.25 bits per heavy atom. The Morgan fingerprint density at radius 1 is 1.25 bits per heavy atom. The van der Waals surface area contributed by atoms with Crippen molar-refractivity contribution in [2.24, 2.45) is 0 Å². The van der Waals surface area contributed by atoms with Crippen LogP contribution in [0.25, 0.3) is 0 Å². The first kappa shape index (κ1) is 9.12. The average Bonchev–Trinajstić information content (AvgIpc) is 0.918. The van der Waals surface area contributed by atoms with Gasteiger partial charge in [0.15, 0.2) is 0 Å². The SMILES string of the molecule is [Ba+2].[O-][B][O-]. The molecule has 0 fully saturated rings. The van der Waals surface area contributed by atoms with Gasteiger partial charge in [-0.3, -0.25) is 0 Å². The van der Waals surface area contributed by atoms with E-state index in [0.717, 1.165) is 0 Å². The van der Waals surface area contributed by atoms with E-state index in [-0.39, 0.29) is 48.9 Å². The second kappa shape index (κ2) is 8.82. The van der Waals surface area contributed by atoms with Crippen molar-refractivity contribution >= 4 is 56.6 Å². The Hall–Kier alpha value is 1.56. The second-order valence-corrected chi connectivity index (χ2v) is 0.0962. The van der Waals surface area contributed by atoms with Crippen LogP contribution in [0.3, 0.4) is 0 Å². The summed E-state index contributed by atoms with van der Waals surface area (Å²) >= 11 is 0. The van der Waals surface area contributed by atoms with Crippen molar-refractivity contribution < 1.29 is 10.0 Å². The normalized spacial score (nSPS) is 3.50. The van der Waals surface area contributed by atoms with Crippen molar-refractivity contribution in [3.05, 3.63) is 0 Å². The van der Waals surface area contributed by atoms with Gasteiger partial charge in [-0.05, 0) is 0 Å². The maximum absolute atomic E-state index is 8.25. The summed E-state index contributed by atoms with van der Waals surface area (Å²) in [5.74, 6) is 0. The molecular formula is BBaO2. The van der Waals surface area contributed by atoms with E-state index in [1.54, 1.807) is 0 Å². The summed E-state index contributed by atoms with van der Waals surface area (Å²) in [5, 5.41) is 16.5. The third-order valence-electron chi connectivity index (χ3n) is 0. The molecule has 0 bridgehead atoms. The van der Waals surface area contributed by atoms with Gasteiger partial charge in [0.2, 0.25) is 0 Å². The molecule has 0 rings (SSSR count). The van der Waals surface area contributed by atoms with E-state index < -0.39 is 7.69 Å². The third-order valence-corrected chi connectivity index (χ3v) is 0. The molecule has 1 radical (unpaired) electrons. The van der Waals surface area contributed by atoms with E-state index in [2.05, 4.69) is 0 Å². The minimum absolute atomic E-state index is 0. The van der Waals surface area contributed by atoms with Crippen LogP contribution in [-0.2, 0) is 0 Å². The minimum Gasteiger partial charge on any atom is -0.900 e. The van der Waals surface area contributed by atoms with Gasteiger partial charge in [0.05, 0.1) is 0 Å². The zero-order valence-electron chi connectivity index (χ0n) is 2.10. The van der Waals surface area contributed by atoms with E-state index >= 15 is 0 Å². The van der Waals surface area contributed by atoms with Crippen molar-refractivity contribution in [2.75, 3.05) is 0 Å². The van der Waals surface area contributed by atoms with E-state index in [9.17, 15) is 0 Å². The molecule has 0 N–H and O–H groups in total. The van der Waals surface area contributed by atoms with Crippen molar-refractivity contribution in [1.82, 2.24) is 0 Å². The predicted octanol–water partition coefficient (Wildman–Crippen LogP) is -3.14. The molecule has 0 atom stereocenters. The van der Waals surface area contributed by atoms with E-state index in [0.29, 0.717) is 0 Å². The van der Waals surface area contributed by atoms with Crippen LogP contribution in [0.15, 0.2) is 0 Å². The third kappa shape index (κ3) is 9.59. The molecule has 0 aromatic carbocycles. The van der Waals surface area contributed by atoms with Crippen molar-refractivity contribution in [1.29, 1.82) is 0 Å². The summed E-state index contributed by atoms with van der Waals surface area (Å²) in [6, 6.07) is 0. The Balaban J connectivity index is 0. The summed E-state index contributed by atoms with van der Waals surface area (Å²) in [7, 11) is -0.500. The molecule has 4 heteroatoms. The molecule has 0 aromatic heterocycles. The van der Waals surface area contributed by atoms with Gasteiger partial charge in [0.1, 0.15) is 0 Å². The van der Waals surface area contributed by atoms with Gasteiger partial charge < -0.3 is 10.0 Å². The van der Waals surface area contributed by atoms with E-state index in [1.807, 2.05) is 0 Å². The summed E-state index contributed by atoms with van der Waals surface area (Å²) < 4.78 is 0. The Morgan fingerprint density at radius 3 is 1.25 bits per heavy atom. The predicted molar refractivity (Wildman–Crippen MR) is 11.5 cm³/mol. The van der Waals surface area contributed by atoms with Gasteiger partial charge in [-0.15, -0.1) is 0 Å². The molecule has 0 heterocycles. The van der Waals surface area contributed by atoms with Gasteiger partial charge in [0, 0.05) is 0 Å². The molecule has 0 aliphatic rings. The zero-order valence-corrected chi connectivity index (χ0v) is 6.54. The molecular weight excluding hydrogens is 180 g/mol. The first-order chi connectivity index (χ1) is 1.41. The van der Waals surface area contributed by atoms with Gasteiger partial charge in [-0.25, -0.2) is 7.69 Å². The standard InChI is InChI=1S/BO2.Ba/c2-1-3;/q-2;+2. The van der Waals surface area contributed by atoms with Crippen molar-refractivity contribution in [3.63, 3.8) is 0 Å². The molecule has 0 saturated heterocycles. The average molecular weight is 180 g/mol. The van der Waals surface area contributed by atoms with Crippen LogP contribution < -0.4 is 10.0 Å². The fraction of sp³-hybridized carbons (Fsp3) is 0. The summed E-state index contributed by atoms with van der Waals surface area (Å²) in [6.07, 6.45) is 0. The molecule has 0 aliphatic heterocycles. The number of hydrogen-bond acceptors (Lipinski definition) is 2. The first-order valence-electron chi connectivity index (χ1n) is 0.471. The topological polar surface area (TPSA) is 46.1 Å². The molecule has 0 saturated carbocycles. The second-order valence-electron chi connectivity index (χ2n) is 0.0962. The van der Waals surface area contributed by atoms with E-state index in [1.165, 1.54) is 0 Å². The smallest absolute Gasteiger partial charge is 0.900 e. The van der Waals surface area contributed by atoms with Crippen LogP contribution in [-0.4, -0.2) is 56.6 Å². The number of rotatable bonds is 0. The van der Waals surface area contributed by atoms with Crippen LogP contribution in [0.2, 0.25) is 0 Å². The zero-order chi connectivity index (χ0) is 2.71. The molecule has 0 amide bonds. The largest absolute Gasteiger partial charge is 2.00 e. The van der Waals surface area contributed by atoms with Crippen LogP contribution in [0.4, 0.5) is 0 Å². The number of hydrogen-bond donors (Lipinski definition) is 0. The van der Waals surface area contributed by atoms with Crippen LogP contribution in [0.5, 0.6) is 0 Å². The molecule has 4 heavy (non-hydrogen) atoms. The van der Waals surface area contributed by atoms with Crippen molar-refractivity contribution in [3.8, 4) is 0 Å². The maximum atomic E-state index is 8.25. The first-order valence-corrected chi connectivity index (χ1v) is 0.471. The van der Waals surface area contributed by atoms with E-state index in [4.69, 9.17) is 10.0 Å². The fourth-order valence-electron chi connectivity index (χ4n) is 0. The molecule has 0 spiro atoms. The van der Waals surface area contributed by atoms with Gasteiger partial charge in [-0.2, -0.15) is 0 Å². The summed E-state index contributed by atoms with van der Waals surface area (Å²) in [5.41, 5.74) is 0. The Bertz CT molecular complexity index is 6.00. The van der Waals surface area contributed by atoms with Crippen LogP contribution in [0, 0.1) is 0 Å². The quantitative estimate of drug-likeness (QED) is 0.370. The van der Waals surface area contributed by atoms with Gasteiger partial charge in [0.25, 0.3) is 0 Å². The Kier molecular flexibility index (Phi) is 20.1. The summed E-state index contributed by atoms with van der Waals surface area (Å²) in [4.78, 5) is 0. The van der Waals surface area contributed by atoms with Crippen molar-refractivity contribution in [2.45, 2.75) is 0 Å². The summed E-state index contributed by atoms with van der Waals surface area (Å²) in [6.45, 7) is 0. The fourth-order valence-corrected chi connectivity index (χ4v) is 0. The molecule has 0 aromatic rings. The molecule has 2 nitrogen and oxygen atoms in total. The van der Waals surface area contributed by atoms with Gasteiger partial charge in [-0.1, -0.05) is 0 Å². The van der Waals surface area contributed by atoms with Gasteiger partial charge >= 0.3 is 48.9 Å². The van der Waals surface area contributed by atoms with Crippen LogP contribution >= 0.6 is 0 Å². The molecule has 0 unspecified atom stereocenters. The maximum Gasteiger partial charge on any atom is 2.00 e.